The van der Waals surface area contributed by atoms with Crippen molar-refractivity contribution in [3.8, 4) is 0 Å². The summed E-state index contributed by atoms with van der Waals surface area (Å²) in [4.78, 5) is 25.8. The monoisotopic (exact) mass is 274 g/mol. The summed E-state index contributed by atoms with van der Waals surface area (Å²) in [5.41, 5.74) is 1.82. The van der Waals surface area contributed by atoms with Crippen molar-refractivity contribution >= 4 is 17.5 Å². The molecule has 0 radical (unpaired) electrons. The molecule has 4 heteroatoms. The van der Waals surface area contributed by atoms with Gasteiger partial charge in [0, 0.05) is 30.6 Å². The number of benzene rings is 1. The Morgan fingerprint density at radius 2 is 1.95 bits per heavy atom. The van der Waals surface area contributed by atoms with Crippen LogP contribution in [-0.4, -0.2) is 24.9 Å². The molecule has 0 fully saturated rings. The van der Waals surface area contributed by atoms with Gasteiger partial charge in [-0.3, -0.25) is 9.59 Å². The SMILES string of the molecule is CC(C)(C)C(=O)NCCC(=O)N1CCc2ccccc21. The predicted octanol–water partition coefficient (Wildman–Crippen LogP) is 2.13. The highest BCUT2D eigenvalue weighted by atomic mass is 16.2. The standard InChI is InChI=1S/C16H22N2O2/c1-16(2,3)15(20)17-10-8-14(19)18-11-9-12-6-4-5-7-13(12)18/h4-7H,8-11H2,1-3H3,(H,17,20). The number of amides is 2. The van der Waals surface area contributed by atoms with E-state index in [0.717, 1.165) is 18.7 Å². The molecular formula is C16H22N2O2. The van der Waals surface area contributed by atoms with Gasteiger partial charge in [0.05, 0.1) is 0 Å². The van der Waals surface area contributed by atoms with Crippen LogP contribution in [-0.2, 0) is 16.0 Å². The lowest BCUT2D eigenvalue weighted by Crippen LogP contribution is -2.38. The molecule has 0 aromatic heterocycles. The predicted molar refractivity (Wildman–Crippen MR) is 79.6 cm³/mol. The van der Waals surface area contributed by atoms with Crippen LogP contribution in [0.3, 0.4) is 0 Å². The minimum absolute atomic E-state index is 0.0212. The van der Waals surface area contributed by atoms with Crippen LogP contribution < -0.4 is 10.2 Å². The van der Waals surface area contributed by atoms with E-state index in [1.165, 1.54) is 5.56 Å². The van der Waals surface area contributed by atoms with Gasteiger partial charge in [-0.2, -0.15) is 0 Å². The summed E-state index contributed by atoms with van der Waals surface area (Å²) >= 11 is 0. The van der Waals surface area contributed by atoms with Gasteiger partial charge in [0.1, 0.15) is 0 Å². The van der Waals surface area contributed by atoms with E-state index in [1.807, 2.05) is 43.9 Å². The Morgan fingerprint density at radius 1 is 1.25 bits per heavy atom. The average molecular weight is 274 g/mol. The molecular weight excluding hydrogens is 252 g/mol. The molecule has 0 atom stereocenters. The highest BCUT2D eigenvalue weighted by Crippen LogP contribution is 2.27. The van der Waals surface area contributed by atoms with Gasteiger partial charge in [0.25, 0.3) is 0 Å². The molecule has 2 rings (SSSR count). The number of fused-ring (bicyclic) bond motifs is 1. The van der Waals surface area contributed by atoms with Crippen molar-refractivity contribution in [3.63, 3.8) is 0 Å². The molecule has 1 aromatic rings. The van der Waals surface area contributed by atoms with Crippen molar-refractivity contribution < 1.29 is 9.59 Å². The molecule has 1 aliphatic rings. The maximum absolute atomic E-state index is 12.2. The first-order chi connectivity index (χ1) is 9.39. The van der Waals surface area contributed by atoms with E-state index in [2.05, 4.69) is 11.4 Å². The number of para-hydroxylation sites is 1. The second-order valence-electron chi connectivity index (χ2n) is 6.18. The lowest BCUT2D eigenvalue weighted by atomic mass is 9.96. The van der Waals surface area contributed by atoms with Gasteiger partial charge >= 0.3 is 0 Å². The highest BCUT2D eigenvalue weighted by molar-refractivity contribution is 5.95. The minimum Gasteiger partial charge on any atom is -0.355 e. The first-order valence-corrected chi connectivity index (χ1v) is 7.06. The third kappa shape index (κ3) is 3.18. The van der Waals surface area contributed by atoms with E-state index in [1.54, 1.807) is 0 Å². The quantitative estimate of drug-likeness (QED) is 0.918. The van der Waals surface area contributed by atoms with E-state index in [0.29, 0.717) is 13.0 Å². The van der Waals surface area contributed by atoms with Gasteiger partial charge in [-0.25, -0.2) is 0 Å². The lowest BCUT2D eigenvalue weighted by Gasteiger charge is -2.20. The molecule has 1 heterocycles. The Labute approximate surface area is 120 Å². The van der Waals surface area contributed by atoms with Gasteiger partial charge in [0.2, 0.25) is 11.8 Å². The van der Waals surface area contributed by atoms with Gasteiger partial charge in [-0.1, -0.05) is 39.0 Å². The van der Waals surface area contributed by atoms with Crippen LogP contribution in [0.5, 0.6) is 0 Å². The second kappa shape index (κ2) is 5.65. The van der Waals surface area contributed by atoms with Gasteiger partial charge in [-0.15, -0.1) is 0 Å². The number of anilines is 1. The van der Waals surface area contributed by atoms with Gasteiger partial charge in [-0.05, 0) is 18.1 Å². The fourth-order valence-corrected chi connectivity index (χ4v) is 2.28. The van der Waals surface area contributed by atoms with E-state index in [4.69, 9.17) is 0 Å². The minimum atomic E-state index is -0.413. The Balaban J connectivity index is 1.87. The summed E-state index contributed by atoms with van der Waals surface area (Å²) in [6, 6.07) is 7.99. The molecule has 0 saturated carbocycles. The molecule has 1 aliphatic heterocycles. The fourth-order valence-electron chi connectivity index (χ4n) is 2.28. The van der Waals surface area contributed by atoms with Crippen LogP contribution in [0.2, 0.25) is 0 Å². The van der Waals surface area contributed by atoms with Crippen molar-refractivity contribution in [3.05, 3.63) is 29.8 Å². The van der Waals surface area contributed by atoms with E-state index < -0.39 is 5.41 Å². The average Bonchev–Trinajstić information content (AvgIpc) is 2.81. The normalized spacial score (nSPS) is 14.1. The van der Waals surface area contributed by atoms with Crippen molar-refractivity contribution in [1.82, 2.24) is 5.32 Å². The number of nitrogens with one attached hydrogen (secondary N) is 1. The number of nitrogens with zero attached hydrogens (tertiary/aromatic N) is 1. The molecule has 0 unspecified atom stereocenters. The number of carbonyl (C=O) groups is 2. The fraction of sp³-hybridized carbons (Fsp3) is 0.500. The van der Waals surface area contributed by atoms with E-state index in [-0.39, 0.29) is 11.8 Å². The molecule has 0 saturated heterocycles. The zero-order valence-electron chi connectivity index (χ0n) is 12.4. The summed E-state index contributed by atoms with van der Waals surface area (Å²) in [6.45, 7) is 6.72. The summed E-state index contributed by atoms with van der Waals surface area (Å²) in [7, 11) is 0. The lowest BCUT2D eigenvalue weighted by molar-refractivity contribution is -0.128. The summed E-state index contributed by atoms with van der Waals surface area (Å²) in [5.74, 6) is 0.0521. The highest BCUT2D eigenvalue weighted by Gasteiger charge is 2.25. The molecule has 1 N–H and O–H groups in total. The molecule has 0 bridgehead atoms. The van der Waals surface area contributed by atoms with Crippen LogP contribution in [0, 0.1) is 5.41 Å². The van der Waals surface area contributed by atoms with Gasteiger partial charge in [0.15, 0.2) is 0 Å². The zero-order chi connectivity index (χ0) is 14.8. The molecule has 4 nitrogen and oxygen atoms in total. The zero-order valence-corrected chi connectivity index (χ0v) is 12.4. The summed E-state index contributed by atoms with van der Waals surface area (Å²) in [5, 5.41) is 2.81. The number of carbonyl (C=O) groups excluding carboxylic acids is 2. The first kappa shape index (κ1) is 14.6. The Kier molecular flexibility index (Phi) is 4.12. The second-order valence-corrected chi connectivity index (χ2v) is 6.18. The van der Waals surface area contributed by atoms with Crippen molar-refractivity contribution in [2.45, 2.75) is 33.6 Å². The number of hydrogen-bond acceptors (Lipinski definition) is 2. The van der Waals surface area contributed by atoms with Crippen LogP contribution in [0.15, 0.2) is 24.3 Å². The Bertz CT molecular complexity index is 517. The van der Waals surface area contributed by atoms with Crippen molar-refractivity contribution in [2.75, 3.05) is 18.0 Å². The Morgan fingerprint density at radius 3 is 2.65 bits per heavy atom. The molecule has 0 aliphatic carbocycles. The van der Waals surface area contributed by atoms with E-state index >= 15 is 0 Å². The smallest absolute Gasteiger partial charge is 0.228 e. The maximum Gasteiger partial charge on any atom is 0.228 e. The Hall–Kier alpha value is -1.84. The van der Waals surface area contributed by atoms with Crippen LogP contribution in [0.4, 0.5) is 5.69 Å². The third-order valence-electron chi connectivity index (χ3n) is 3.49. The van der Waals surface area contributed by atoms with Crippen molar-refractivity contribution in [1.29, 1.82) is 0 Å². The largest absolute Gasteiger partial charge is 0.355 e. The topological polar surface area (TPSA) is 49.4 Å². The van der Waals surface area contributed by atoms with Crippen LogP contribution >= 0.6 is 0 Å². The number of hydrogen-bond donors (Lipinski definition) is 1. The molecule has 20 heavy (non-hydrogen) atoms. The van der Waals surface area contributed by atoms with E-state index in [9.17, 15) is 9.59 Å². The van der Waals surface area contributed by atoms with Gasteiger partial charge < -0.3 is 10.2 Å². The van der Waals surface area contributed by atoms with Crippen LogP contribution in [0.25, 0.3) is 0 Å². The first-order valence-electron chi connectivity index (χ1n) is 7.06. The number of rotatable bonds is 3. The molecule has 0 spiro atoms. The summed E-state index contributed by atoms with van der Waals surface area (Å²) in [6.07, 6.45) is 1.26. The third-order valence-corrected chi connectivity index (χ3v) is 3.49. The molecule has 2 amide bonds. The molecule has 1 aromatic carbocycles. The van der Waals surface area contributed by atoms with Crippen LogP contribution in [0.1, 0.15) is 32.8 Å². The summed E-state index contributed by atoms with van der Waals surface area (Å²) < 4.78 is 0. The molecule has 108 valence electrons. The van der Waals surface area contributed by atoms with Crippen molar-refractivity contribution in [2.24, 2.45) is 5.41 Å². The maximum atomic E-state index is 12.2.